The van der Waals surface area contributed by atoms with Crippen LogP contribution >= 0.6 is 0 Å². The largest absolute Gasteiger partial charge is 0.438 e. The number of carbonyl (C=O) groups is 1. The van der Waals surface area contributed by atoms with Gasteiger partial charge in [0.15, 0.2) is 0 Å². The van der Waals surface area contributed by atoms with Crippen molar-refractivity contribution >= 4 is 17.3 Å². The number of halogens is 3. The van der Waals surface area contributed by atoms with Gasteiger partial charge < -0.3 is 5.11 Å². The van der Waals surface area contributed by atoms with Crippen molar-refractivity contribution in [3.8, 4) is 0 Å². The van der Waals surface area contributed by atoms with Gasteiger partial charge in [0.1, 0.15) is 0 Å². The van der Waals surface area contributed by atoms with E-state index in [2.05, 4.69) is 5.10 Å². The summed E-state index contributed by atoms with van der Waals surface area (Å²) in [7, 11) is 0. The Morgan fingerprint density at radius 2 is 1.95 bits per heavy atom. The van der Waals surface area contributed by atoms with Crippen LogP contribution in [0.5, 0.6) is 0 Å². The number of nitro benzene ring substituents is 1. The van der Waals surface area contributed by atoms with Gasteiger partial charge in [0.25, 0.3) is 17.3 Å². The molecule has 0 saturated carbocycles. The minimum atomic E-state index is -5.09. The molecule has 0 fully saturated rings. The monoisotopic (exact) mass is 317 g/mol. The van der Waals surface area contributed by atoms with Crippen LogP contribution in [0.4, 0.5) is 18.9 Å². The number of alkyl halides is 3. The lowest BCUT2D eigenvalue weighted by Crippen LogP contribution is -2.56. The molecule has 1 atom stereocenters. The first-order chi connectivity index (χ1) is 10.1. The van der Waals surface area contributed by atoms with Crippen LogP contribution in [-0.2, 0) is 0 Å². The lowest BCUT2D eigenvalue weighted by molar-refractivity contribution is -0.384. The molecule has 0 unspecified atom stereocenters. The summed E-state index contributed by atoms with van der Waals surface area (Å²) in [6.07, 6.45) is -5.94. The number of hydrogen-bond acceptors (Lipinski definition) is 5. The predicted octanol–water partition coefficient (Wildman–Crippen LogP) is 2.07. The summed E-state index contributed by atoms with van der Waals surface area (Å²) >= 11 is 0. The van der Waals surface area contributed by atoms with Crippen molar-refractivity contribution in [3.63, 3.8) is 0 Å². The van der Waals surface area contributed by atoms with Crippen molar-refractivity contribution < 1.29 is 28.0 Å². The quantitative estimate of drug-likeness (QED) is 0.667. The summed E-state index contributed by atoms with van der Waals surface area (Å²) in [5.74, 6) is -1.20. The van der Waals surface area contributed by atoms with Crippen molar-refractivity contribution in [2.24, 2.45) is 5.10 Å². The van der Waals surface area contributed by atoms with Crippen LogP contribution in [-0.4, -0.2) is 38.6 Å². The Morgan fingerprint density at radius 3 is 2.41 bits per heavy atom. The zero-order chi connectivity index (χ0) is 16.7. The van der Waals surface area contributed by atoms with E-state index in [1.807, 2.05) is 0 Å². The van der Waals surface area contributed by atoms with Crippen molar-refractivity contribution in [2.75, 3.05) is 0 Å². The average Bonchev–Trinajstić information content (AvgIpc) is 2.74. The summed E-state index contributed by atoms with van der Waals surface area (Å²) in [5, 5.41) is 23.7. The smallest absolute Gasteiger partial charge is 0.362 e. The Labute approximate surface area is 121 Å². The highest BCUT2D eigenvalue weighted by Crippen LogP contribution is 2.40. The molecule has 1 aromatic rings. The van der Waals surface area contributed by atoms with Gasteiger partial charge in [-0.25, -0.2) is 0 Å². The van der Waals surface area contributed by atoms with Gasteiger partial charge in [0.05, 0.1) is 4.92 Å². The standard InChI is InChI=1S/C12H10F3N3O4/c1-7-6-11(20,12(13,14)15)17(16-7)10(19)8-2-4-9(5-3-8)18(21)22/h2-5,20H,6H2,1H3/t11-/m0/s1. The second-order valence-electron chi connectivity index (χ2n) is 4.75. The molecule has 0 aliphatic carbocycles. The minimum Gasteiger partial charge on any atom is -0.362 e. The van der Waals surface area contributed by atoms with E-state index in [1.165, 1.54) is 6.92 Å². The second-order valence-corrected chi connectivity index (χ2v) is 4.75. The minimum absolute atomic E-state index is 0.0382. The third-order valence-corrected chi connectivity index (χ3v) is 3.09. The maximum absolute atomic E-state index is 13.0. The highest BCUT2D eigenvalue weighted by atomic mass is 19.4. The van der Waals surface area contributed by atoms with Crippen LogP contribution in [0.3, 0.4) is 0 Å². The highest BCUT2D eigenvalue weighted by molar-refractivity contribution is 5.98. The molecule has 0 spiro atoms. The second kappa shape index (κ2) is 5.05. The number of amides is 1. The molecule has 2 rings (SSSR count). The molecule has 118 valence electrons. The fourth-order valence-electron chi connectivity index (χ4n) is 2.00. The van der Waals surface area contributed by atoms with E-state index in [0.29, 0.717) is 0 Å². The summed E-state index contributed by atoms with van der Waals surface area (Å²) in [6, 6.07) is 3.96. The summed E-state index contributed by atoms with van der Waals surface area (Å²) in [6.45, 7) is 1.25. The number of aliphatic hydroxyl groups is 1. The third-order valence-electron chi connectivity index (χ3n) is 3.09. The van der Waals surface area contributed by atoms with Crippen LogP contribution in [0.25, 0.3) is 0 Å². The SMILES string of the molecule is CC1=NN(C(=O)c2ccc([N+](=O)[O-])cc2)[C@@](O)(C(F)(F)F)C1. The average molecular weight is 317 g/mol. The highest BCUT2D eigenvalue weighted by Gasteiger charge is 2.62. The van der Waals surface area contributed by atoms with Crippen molar-refractivity contribution in [2.45, 2.75) is 25.2 Å². The molecule has 0 bridgehead atoms. The van der Waals surface area contributed by atoms with Gasteiger partial charge in [0, 0.05) is 29.8 Å². The lowest BCUT2D eigenvalue weighted by Gasteiger charge is -2.32. The Bertz CT molecular complexity index is 657. The van der Waals surface area contributed by atoms with Crippen LogP contribution in [0.15, 0.2) is 29.4 Å². The number of carbonyl (C=O) groups excluding carboxylic acids is 1. The molecule has 1 N–H and O–H groups in total. The van der Waals surface area contributed by atoms with E-state index in [-0.39, 0.29) is 22.0 Å². The fourth-order valence-corrected chi connectivity index (χ4v) is 2.00. The number of hydrogen-bond donors (Lipinski definition) is 1. The molecule has 0 radical (unpaired) electrons. The normalized spacial score (nSPS) is 21.7. The zero-order valence-corrected chi connectivity index (χ0v) is 11.2. The lowest BCUT2D eigenvalue weighted by atomic mass is 10.1. The van der Waals surface area contributed by atoms with E-state index < -0.39 is 29.2 Å². The van der Waals surface area contributed by atoms with Gasteiger partial charge in [0.2, 0.25) is 0 Å². The van der Waals surface area contributed by atoms with Gasteiger partial charge >= 0.3 is 6.18 Å². The molecule has 1 aromatic carbocycles. The number of rotatable bonds is 2. The number of non-ortho nitro benzene ring substituents is 1. The molecular weight excluding hydrogens is 307 g/mol. The van der Waals surface area contributed by atoms with Crippen molar-refractivity contribution in [1.82, 2.24) is 5.01 Å². The zero-order valence-electron chi connectivity index (χ0n) is 11.2. The maximum Gasteiger partial charge on any atom is 0.438 e. The fraction of sp³-hybridized carbons (Fsp3) is 0.333. The van der Waals surface area contributed by atoms with Gasteiger partial charge in [-0.05, 0) is 19.1 Å². The van der Waals surface area contributed by atoms with Gasteiger partial charge in [-0.3, -0.25) is 14.9 Å². The summed E-state index contributed by atoms with van der Waals surface area (Å²) in [5.41, 5.74) is -4.05. The molecule has 1 aliphatic rings. The molecule has 1 aliphatic heterocycles. The molecule has 0 saturated heterocycles. The first-order valence-electron chi connectivity index (χ1n) is 5.98. The molecule has 0 aromatic heterocycles. The molecule has 10 heteroatoms. The van der Waals surface area contributed by atoms with E-state index >= 15 is 0 Å². The van der Waals surface area contributed by atoms with Gasteiger partial charge in [-0.1, -0.05) is 0 Å². The predicted molar refractivity (Wildman–Crippen MR) is 68.0 cm³/mol. The Hall–Kier alpha value is -2.49. The number of nitrogens with zero attached hydrogens (tertiary/aromatic N) is 3. The molecule has 1 heterocycles. The molecule has 7 nitrogen and oxygen atoms in total. The van der Waals surface area contributed by atoms with Gasteiger partial charge in [-0.15, -0.1) is 0 Å². The first-order valence-corrected chi connectivity index (χ1v) is 5.98. The van der Waals surface area contributed by atoms with E-state index in [1.54, 1.807) is 0 Å². The first kappa shape index (κ1) is 15.9. The van der Waals surface area contributed by atoms with Crippen LogP contribution in [0, 0.1) is 10.1 Å². The Balaban J connectivity index is 2.36. The summed E-state index contributed by atoms with van der Waals surface area (Å²) < 4.78 is 39.0. The summed E-state index contributed by atoms with van der Waals surface area (Å²) in [4.78, 5) is 21.9. The number of benzene rings is 1. The molecule has 1 amide bonds. The molecule has 22 heavy (non-hydrogen) atoms. The molecular formula is C12H10F3N3O4. The van der Waals surface area contributed by atoms with E-state index in [9.17, 15) is 33.2 Å². The van der Waals surface area contributed by atoms with Crippen LogP contribution in [0.1, 0.15) is 23.7 Å². The van der Waals surface area contributed by atoms with E-state index in [0.717, 1.165) is 24.3 Å². The maximum atomic E-state index is 13.0. The van der Waals surface area contributed by atoms with E-state index in [4.69, 9.17) is 0 Å². The Kier molecular flexibility index (Phi) is 3.65. The van der Waals surface area contributed by atoms with Gasteiger partial charge in [-0.2, -0.15) is 23.3 Å². The third kappa shape index (κ3) is 2.52. The number of nitro groups is 1. The number of hydrazone groups is 1. The van der Waals surface area contributed by atoms with Crippen molar-refractivity contribution in [3.05, 3.63) is 39.9 Å². The van der Waals surface area contributed by atoms with Crippen molar-refractivity contribution in [1.29, 1.82) is 0 Å². The topological polar surface area (TPSA) is 96.0 Å². The van der Waals surface area contributed by atoms with Crippen LogP contribution < -0.4 is 0 Å². The van der Waals surface area contributed by atoms with Crippen LogP contribution in [0.2, 0.25) is 0 Å². The Morgan fingerprint density at radius 1 is 1.41 bits per heavy atom.